The van der Waals surface area contributed by atoms with Gasteiger partial charge in [0.15, 0.2) is 5.16 Å². The van der Waals surface area contributed by atoms with Crippen LogP contribution in [0.4, 0.5) is 5.13 Å². The largest absolute Gasteiger partial charge is 0.497 e. The molecule has 0 bridgehead atoms. The molecular formula is C16H18N6O2S2. The van der Waals surface area contributed by atoms with Crippen LogP contribution in [0, 0.1) is 0 Å². The van der Waals surface area contributed by atoms with Crippen LogP contribution in [-0.4, -0.2) is 43.7 Å². The molecule has 3 aromatic rings. The van der Waals surface area contributed by atoms with Crippen molar-refractivity contribution in [2.24, 2.45) is 7.05 Å². The Morgan fingerprint density at radius 1 is 1.23 bits per heavy atom. The molecule has 0 saturated heterocycles. The van der Waals surface area contributed by atoms with E-state index in [-0.39, 0.29) is 11.7 Å². The highest BCUT2D eigenvalue weighted by atomic mass is 32.2. The molecule has 0 aliphatic heterocycles. The number of anilines is 1. The summed E-state index contributed by atoms with van der Waals surface area (Å²) in [5.41, 5.74) is 0.921. The predicted octanol–water partition coefficient (Wildman–Crippen LogP) is 2.64. The molecule has 3 rings (SSSR count). The molecule has 2 heterocycles. The molecule has 0 fully saturated rings. The number of thioether (sulfide) groups is 1. The van der Waals surface area contributed by atoms with E-state index in [2.05, 4.69) is 25.7 Å². The van der Waals surface area contributed by atoms with Crippen LogP contribution in [0.25, 0.3) is 10.6 Å². The van der Waals surface area contributed by atoms with Crippen LogP contribution in [0.15, 0.2) is 29.4 Å². The second-order valence-electron chi connectivity index (χ2n) is 5.29. The Labute approximate surface area is 159 Å². The van der Waals surface area contributed by atoms with Crippen molar-refractivity contribution >= 4 is 34.1 Å². The fraction of sp³-hybridized carbons (Fsp3) is 0.312. The Bertz CT molecular complexity index is 891. The number of aromatic nitrogens is 5. The van der Waals surface area contributed by atoms with Crippen LogP contribution >= 0.6 is 23.1 Å². The van der Waals surface area contributed by atoms with Crippen LogP contribution in [0.5, 0.6) is 5.75 Å². The maximum absolute atomic E-state index is 12.1. The molecule has 1 amide bonds. The summed E-state index contributed by atoms with van der Waals surface area (Å²) in [5.74, 6) is 1.74. The quantitative estimate of drug-likeness (QED) is 0.620. The van der Waals surface area contributed by atoms with Crippen LogP contribution in [0.3, 0.4) is 0 Å². The molecule has 2 aromatic heterocycles. The van der Waals surface area contributed by atoms with E-state index in [1.165, 1.54) is 23.1 Å². The van der Waals surface area contributed by atoms with Crippen LogP contribution in [0.2, 0.25) is 0 Å². The molecule has 0 saturated carbocycles. The Balaban J connectivity index is 1.57. The fourth-order valence-electron chi connectivity index (χ4n) is 2.19. The van der Waals surface area contributed by atoms with Crippen molar-refractivity contribution in [3.05, 3.63) is 30.1 Å². The first kappa shape index (κ1) is 18.3. The summed E-state index contributed by atoms with van der Waals surface area (Å²) in [6, 6.07) is 7.52. The predicted molar refractivity (Wildman–Crippen MR) is 102 cm³/mol. The second-order valence-corrected chi connectivity index (χ2v) is 7.21. The summed E-state index contributed by atoms with van der Waals surface area (Å²) in [6.45, 7) is 2.01. The summed E-state index contributed by atoms with van der Waals surface area (Å²) in [5, 5.41) is 21.0. The Hall–Kier alpha value is -2.46. The van der Waals surface area contributed by atoms with E-state index in [1.54, 1.807) is 7.11 Å². The van der Waals surface area contributed by atoms with Gasteiger partial charge >= 0.3 is 0 Å². The monoisotopic (exact) mass is 390 g/mol. The first-order valence-electron chi connectivity index (χ1n) is 7.89. The van der Waals surface area contributed by atoms with E-state index >= 15 is 0 Å². The van der Waals surface area contributed by atoms with Crippen molar-refractivity contribution in [3.63, 3.8) is 0 Å². The average molecular weight is 390 g/mol. The molecule has 136 valence electrons. The first-order valence-corrected chi connectivity index (χ1v) is 9.69. The number of carbonyl (C=O) groups excluding carboxylic acids is 1. The number of hydrogen-bond acceptors (Lipinski definition) is 8. The van der Waals surface area contributed by atoms with Gasteiger partial charge in [0.05, 0.1) is 12.9 Å². The maximum Gasteiger partial charge on any atom is 0.236 e. The van der Waals surface area contributed by atoms with E-state index in [9.17, 15) is 4.79 Å². The summed E-state index contributed by atoms with van der Waals surface area (Å²) in [6.07, 6.45) is 0.801. The molecule has 0 aliphatic carbocycles. The number of ether oxygens (including phenoxy) is 1. The van der Waals surface area contributed by atoms with Crippen molar-refractivity contribution in [3.8, 4) is 16.3 Å². The van der Waals surface area contributed by atoms with Crippen molar-refractivity contribution < 1.29 is 9.53 Å². The molecule has 26 heavy (non-hydrogen) atoms. The van der Waals surface area contributed by atoms with Gasteiger partial charge in [0.25, 0.3) is 0 Å². The highest BCUT2D eigenvalue weighted by molar-refractivity contribution is 7.99. The van der Waals surface area contributed by atoms with Crippen LogP contribution in [0.1, 0.15) is 12.7 Å². The van der Waals surface area contributed by atoms with Gasteiger partial charge in [-0.1, -0.05) is 30.0 Å². The summed E-state index contributed by atoms with van der Waals surface area (Å²) in [4.78, 5) is 12.1. The topological polar surface area (TPSA) is 94.8 Å². The number of rotatable bonds is 7. The average Bonchev–Trinajstić information content (AvgIpc) is 3.26. The number of nitrogens with one attached hydrogen (secondary N) is 1. The van der Waals surface area contributed by atoms with Crippen LogP contribution in [-0.2, 0) is 18.3 Å². The molecule has 1 N–H and O–H groups in total. The standard InChI is InChI=1S/C16H18N6O2S2/c1-4-12-18-21-16(22(12)2)25-9-13(23)17-15-20-19-14(26-15)10-5-7-11(24-3)8-6-10/h5-8H,4,9H2,1-3H3,(H,17,20,23). The fourth-order valence-corrected chi connectivity index (χ4v) is 3.68. The lowest BCUT2D eigenvalue weighted by Gasteiger charge is -2.02. The van der Waals surface area contributed by atoms with E-state index in [0.717, 1.165) is 28.6 Å². The molecule has 0 atom stereocenters. The molecule has 10 heteroatoms. The zero-order chi connectivity index (χ0) is 18.5. The molecule has 8 nitrogen and oxygen atoms in total. The van der Waals surface area contributed by atoms with Crippen molar-refractivity contribution in [1.29, 1.82) is 0 Å². The third-order valence-electron chi connectivity index (χ3n) is 3.58. The van der Waals surface area contributed by atoms with Gasteiger partial charge < -0.3 is 9.30 Å². The van der Waals surface area contributed by atoms with Gasteiger partial charge in [0, 0.05) is 19.0 Å². The van der Waals surface area contributed by atoms with Gasteiger partial charge in [-0.3, -0.25) is 10.1 Å². The minimum Gasteiger partial charge on any atom is -0.497 e. The lowest BCUT2D eigenvalue weighted by Crippen LogP contribution is -2.14. The number of aryl methyl sites for hydroxylation is 1. The summed E-state index contributed by atoms with van der Waals surface area (Å²) in [7, 11) is 3.51. The van der Waals surface area contributed by atoms with Crippen molar-refractivity contribution in [2.75, 3.05) is 18.2 Å². The minimum absolute atomic E-state index is 0.159. The van der Waals surface area contributed by atoms with Crippen molar-refractivity contribution in [2.45, 2.75) is 18.5 Å². The van der Waals surface area contributed by atoms with Gasteiger partial charge in [-0.25, -0.2) is 0 Å². The lowest BCUT2D eigenvalue weighted by molar-refractivity contribution is -0.113. The lowest BCUT2D eigenvalue weighted by atomic mass is 10.2. The third kappa shape index (κ3) is 4.20. The normalized spacial score (nSPS) is 10.7. The minimum atomic E-state index is -0.159. The van der Waals surface area contributed by atoms with E-state index in [0.29, 0.717) is 10.3 Å². The van der Waals surface area contributed by atoms with Crippen molar-refractivity contribution in [1.82, 2.24) is 25.0 Å². The number of carbonyl (C=O) groups is 1. The summed E-state index contributed by atoms with van der Waals surface area (Å²) >= 11 is 2.66. The van der Waals surface area contributed by atoms with E-state index in [4.69, 9.17) is 4.74 Å². The maximum atomic E-state index is 12.1. The van der Waals surface area contributed by atoms with Gasteiger partial charge in [-0.05, 0) is 24.3 Å². The first-order chi connectivity index (χ1) is 12.6. The molecule has 0 spiro atoms. The van der Waals surface area contributed by atoms with Crippen LogP contribution < -0.4 is 10.1 Å². The van der Waals surface area contributed by atoms with Gasteiger partial charge in [0.1, 0.15) is 16.6 Å². The molecule has 0 radical (unpaired) electrons. The van der Waals surface area contributed by atoms with Gasteiger partial charge in [0.2, 0.25) is 11.0 Å². The van der Waals surface area contributed by atoms with Gasteiger partial charge in [-0.15, -0.1) is 20.4 Å². The zero-order valence-electron chi connectivity index (χ0n) is 14.6. The molecular weight excluding hydrogens is 372 g/mol. The molecule has 0 unspecified atom stereocenters. The zero-order valence-corrected chi connectivity index (χ0v) is 16.2. The Morgan fingerprint density at radius 3 is 2.65 bits per heavy atom. The SMILES string of the molecule is CCc1nnc(SCC(=O)Nc2nnc(-c3ccc(OC)cc3)s2)n1C. The summed E-state index contributed by atoms with van der Waals surface area (Å²) < 4.78 is 7.03. The number of benzene rings is 1. The smallest absolute Gasteiger partial charge is 0.236 e. The molecule has 1 aromatic carbocycles. The Kier molecular flexibility index (Phi) is 5.84. The third-order valence-corrected chi connectivity index (χ3v) is 5.49. The molecule has 0 aliphatic rings. The Morgan fingerprint density at radius 2 is 2.00 bits per heavy atom. The highest BCUT2D eigenvalue weighted by Gasteiger charge is 2.13. The van der Waals surface area contributed by atoms with Gasteiger partial charge in [-0.2, -0.15) is 0 Å². The van der Waals surface area contributed by atoms with E-state index in [1.807, 2.05) is 42.8 Å². The number of amides is 1. The number of methoxy groups -OCH3 is 1. The second kappa shape index (κ2) is 8.28. The van der Waals surface area contributed by atoms with E-state index < -0.39 is 0 Å². The number of hydrogen-bond donors (Lipinski definition) is 1. The highest BCUT2D eigenvalue weighted by Crippen LogP contribution is 2.28. The number of nitrogens with zero attached hydrogens (tertiary/aromatic N) is 5.